The number of carbonyl (C=O) groups is 1. The molecule has 0 heterocycles. The minimum atomic E-state index is -4.46. The number of esters is 1. The van der Waals surface area contributed by atoms with E-state index in [1.165, 1.54) is 18.2 Å². The molecule has 0 radical (unpaired) electrons. The van der Waals surface area contributed by atoms with Crippen molar-refractivity contribution >= 4 is 29.6 Å². The van der Waals surface area contributed by atoms with Crippen molar-refractivity contribution in [2.24, 2.45) is 4.99 Å². The molecule has 2 aromatic rings. The Morgan fingerprint density at radius 1 is 1.29 bits per heavy atom. The molecule has 8 heteroatoms. The van der Waals surface area contributed by atoms with E-state index in [0.717, 1.165) is 18.7 Å². The molecule has 0 bridgehead atoms. The first-order valence-corrected chi connectivity index (χ1v) is 8.88. The van der Waals surface area contributed by atoms with Crippen molar-refractivity contribution < 1.29 is 22.7 Å². The number of hydrogen-bond acceptors (Lipinski definition) is 3. The molecule has 0 amide bonds. The second kappa shape index (κ2) is 9.10. The molecule has 0 unspecified atom stereocenters. The van der Waals surface area contributed by atoms with E-state index in [1.54, 1.807) is 19.3 Å². The summed E-state index contributed by atoms with van der Waals surface area (Å²) in [6, 6.07) is 7.76. The van der Waals surface area contributed by atoms with Crippen LogP contribution in [-0.2, 0) is 17.5 Å². The number of ether oxygens (including phenoxy) is 1. The SMILES string of the molecule is CCN(C)/C=N/c1ccc(C(=O)OCc2cccc(C(F)(F)F)c2)c(Cl)c1C. The van der Waals surface area contributed by atoms with E-state index in [4.69, 9.17) is 16.3 Å². The number of nitrogens with zero attached hydrogens (tertiary/aromatic N) is 2. The molecule has 0 atom stereocenters. The monoisotopic (exact) mass is 412 g/mol. The fourth-order valence-electron chi connectivity index (χ4n) is 2.28. The van der Waals surface area contributed by atoms with Crippen LogP contribution in [0.15, 0.2) is 41.4 Å². The molecule has 0 aliphatic carbocycles. The molecule has 0 fully saturated rings. The number of alkyl halides is 3. The van der Waals surface area contributed by atoms with Crippen LogP contribution in [0.25, 0.3) is 0 Å². The van der Waals surface area contributed by atoms with Gasteiger partial charge in [-0.2, -0.15) is 13.2 Å². The van der Waals surface area contributed by atoms with Gasteiger partial charge in [0.1, 0.15) is 6.61 Å². The van der Waals surface area contributed by atoms with Gasteiger partial charge >= 0.3 is 12.1 Å². The van der Waals surface area contributed by atoms with Crippen LogP contribution < -0.4 is 0 Å². The van der Waals surface area contributed by atoms with Crippen LogP contribution in [0.1, 0.15) is 34.0 Å². The van der Waals surface area contributed by atoms with Gasteiger partial charge in [0.2, 0.25) is 0 Å². The predicted octanol–water partition coefficient (Wildman–Crippen LogP) is 5.64. The molecule has 28 heavy (non-hydrogen) atoms. The first kappa shape index (κ1) is 21.8. The van der Waals surface area contributed by atoms with E-state index >= 15 is 0 Å². The molecular weight excluding hydrogens is 393 g/mol. The van der Waals surface area contributed by atoms with Crippen LogP contribution in [0.5, 0.6) is 0 Å². The summed E-state index contributed by atoms with van der Waals surface area (Å²) in [4.78, 5) is 18.5. The largest absolute Gasteiger partial charge is 0.457 e. The summed E-state index contributed by atoms with van der Waals surface area (Å²) >= 11 is 6.27. The fraction of sp³-hybridized carbons (Fsp3) is 0.300. The maximum absolute atomic E-state index is 12.8. The molecule has 0 saturated heterocycles. The van der Waals surface area contributed by atoms with Crippen molar-refractivity contribution in [3.05, 3.63) is 63.7 Å². The van der Waals surface area contributed by atoms with E-state index < -0.39 is 17.7 Å². The van der Waals surface area contributed by atoms with E-state index in [-0.39, 0.29) is 22.8 Å². The Balaban J connectivity index is 2.13. The van der Waals surface area contributed by atoms with Gasteiger partial charge in [-0.25, -0.2) is 9.79 Å². The lowest BCUT2D eigenvalue weighted by Gasteiger charge is -2.12. The summed E-state index contributed by atoms with van der Waals surface area (Å²) in [5.74, 6) is -0.716. The van der Waals surface area contributed by atoms with Crippen molar-refractivity contribution in [2.45, 2.75) is 26.6 Å². The second-order valence-corrected chi connectivity index (χ2v) is 6.54. The van der Waals surface area contributed by atoms with Crippen LogP contribution in [0.4, 0.5) is 18.9 Å². The summed E-state index contributed by atoms with van der Waals surface area (Å²) in [5.41, 5.74) is 0.790. The standard InChI is InChI=1S/C20H20ClF3N2O2/c1-4-26(3)12-25-17-9-8-16(18(21)13(17)2)19(27)28-11-14-6-5-7-15(10-14)20(22,23)24/h5-10,12H,4,11H2,1-3H3/b25-12+. The lowest BCUT2D eigenvalue weighted by Crippen LogP contribution is -2.14. The van der Waals surface area contributed by atoms with Crippen molar-refractivity contribution in [1.82, 2.24) is 4.90 Å². The highest BCUT2D eigenvalue weighted by Crippen LogP contribution is 2.31. The van der Waals surface area contributed by atoms with E-state index in [2.05, 4.69) is 4.99 Å². The van der Waals surface area contributed by atoms with Gasteiger partial charge in [-0.1, -0.05) is 23.7 Å². The van der Waals surface area contributed by atoms with Crippen LogP contribution in [-0.4, -0.2) is 30.8 Å². The molecular formula is C20H20ClF3N2O2. The van der Waals surface area contributed by atoms with Gasteiger partial charge < -0.3 is 9.64 Å². The molecule has 150 valence electrons. The lowest BCUT2D eigenvalue weighted by atomic mass is 10.1. The Labute approximate surface area is 166 Å². The van der Waals surface area contributed by atoms with Crippen molar-refractivity contribution in [3.8, 4) is 0 Å². The smallest absolute Gasteiger partial charge is 0.416 e. The summed E-state index contributed by atoms with van der Waals surface area (Å²) in [6.45, 7) is 4.20. The quantitative estimate of drug-likeness (QED) is 0.350. The van der Waals surface area contributed by atoms with Gasteiger partial charge in [-0.05, 0) is 49.2 Å². The highest BCUT2D eigenvalue weighted by Gasteiger charge is 2.30. The zero-order valence-electron chi connectivity index (χ0n) is 15.7. The van der Waals surface area contributed by atoms with Crippen molar-refractivity contribution in [2.75, 3.05) is 13.6 Å². The molecule has 2 rings (SSSR count). The zero-order chi connectivity index (χ0) is 20.9. The minimum absolute atomic E-state index is 0.133. The van der Waals surface area contributed by atoms with Crippen molar-refractivity contribution in [1.29, 1.82) is 0 Å². The van der Waals surface area contributed by atoms with Crippen LogP contribution in [0.2, 0.25) is 5.02 Å². The van der Waals surface area contributed by atoms with Gasteiger partial charge in [0.25, 0.3) is 0 Å². The fourth-order valence-corrected chi connectivity index (χ4v) is 2.52. The average Bonchev–Trinajstić information content (AvgIpc) is 2.66. The van der Waals surface area contributed by atoms with E-state index in [0.29, 0.717) is 11.3 Å². The number of halogens is 4. The summed E-state index contributed by atoms with van der Waals surface area (Å²) in [6.07, 6.45) is -2.80. The molecule has 0 aliphatic heterocycles. The lowest BCUT2D eigenvalue weighted by molar-refractivity contribution is -0.137. The zero-order valence-corrected chi connectivity index (χ0v) is 16.4. The summed E-state index contributed by atoms with van der Waals surface area (Å²) in [7, 11) is 1.87. The number of rotatable bonds is 6. The third kappa shape index (κ3) is 5.48. The molecule has 2 aromatic carbocycles. The highest BCUT2D eigenvalue weighted by atomic mass is 35.5. The Morgan fingerprint density at radius 2 is 2.00 bits per heavy atom. The van der Waals surface area contributed by atoms with Crippen LogP contribution in [0, 0.1) is 6.92 Å². The number of carbonyl (C=O) groups excluding carboxylic acids is 1. The molecule has 0 N–H and O–H groups in total. The predicted molar refractivity (Wildman–Crippen MR) is 103 cm³/mol. The number of benzene rings is 2. The molecule has 0 saturated carbocycles. The molecule has 4 nitrogen and oxygen atoms in total. The Kier molecular flexibility index (Phi) is 7.07. The van der Waals surface area contributed by atoms with Crippen molar-refractivity contribution in [3.63, 3.8) is 0 Å². The third-order valence-corrected chi connectivity index (χ3v) is 4.58. The Bertz CT molecular complexity index is 882. The minimum Gasteiger partial charge on any atom is -0.457 e. The average molecular weight is 413 g/mol. The highest BCUT2D eigenvalue weighted by molar-refractivity contribution is 6.34. The Hall–Kier alpha value is -2.54. The van der Waals surface area contributed by atoms with Gasteiger partial charge in [0, 0.05) is 13.6 Å². The molecule has 0 aromatic heterocycles. The second-order valence-electron chi connectivity index (χ2n) is 6.16. The normalized spacial score (nSPS) is 11.7. The van der Waals surface area contributed by atoms with Gasteiger partial charge in [-0.3, -0.25) is 0 Å². The summed E-state index contributed by atoms with van der Waals surface area (Å²) < 4.78 is 43.4. The first-order chi connectivity index (χ1) is 13.1. The number of aliphatic imine (C=N–C) groups is 1. The van der Waals surface area contributed by atoms with Gasteiger partial charge in [0.05, 0.1) is 28.2 Å². The van der Waals surface area contributed by atoms with E-state index in [9.17, 15) is 18.0 Å². The number of hydrogen-bond donors (Lipinski definition) is 0. The maximum atomic E-state index is 12.8. The van der Waals surface area contributed by atoms with E-state index in [1.807, 2.05) is 18.9 Å². The van der Waals surface area contributed by atoms with Crippen LogP contribution in [0.3, 0.4) is 0 Å². The third-order valence-electron chi connectivity index (χ3n) is 4.09. The van der Waals surface area contributed by atoms with Gasteiger partial charge in [-0.15, -0.1) is 0 Å². The first-order valence-electron chi connectivity index (χ1n) is 8.50. The van der Waals surface area contributed by atoms with Gasteiger partial charge in [0.15, 0.2) is 0 Å². The van der Waals surface area contributed by atoms with Crippen LogP contribution >= 0.6 is 11.6 Å². The maximum Gasteiger partial charge on any atom is 0.416 e. The molecule has 0 spiro atoms. The Morgan fingerprint density at radius 3 is 2.64 bits per heavy atom. The molecule has 0 aliphatic rings. The summed E-state index contributed by atoms with van der Waals surface area (Å²) in [5, 5.41) is 0.197. The topological polar surface area (TPSA) is 41.9 Å².